The molecule has 96 valence electrons. The van der Waals surface area contributed by atoms with Gasteiger partial charge in [-0.05, 0) is 26.8 Å². The number of nitrogens with two attached hydrogens (primary N) is 1. The second-order valence-corrected chi connectivity index (χ2v) is 4.61. The van der Waals surface area contributed by atoms with E-state index in [1.54, 1.807) is 12.3 Å². The maximum atomic E-state index is 6.07. The summed E-state index contributed by atoms with van der Waals surface area (Å²) in [5.74, 6) is 1.39. The van der Waals surface area contributed by atoms with Crippen LogP contribution >= 0.6 is 11.6 Å². The van der Waals surface area contributed by atoms with Gasteiger partial charge in [-0.2, -0.15) is 0 Å². The minimum Gasteiger partial charge on any atom is -0.397 e. The Morgan fingerprint density at radius 3 is 2.72 bits per heavy atom. The minimum absolute atomic E-state index is 0.00451. The molecule has 18 heavy (non-hydrogen) atoms. The number of aromatic nitrogens is 2. The van der Waals surface area contributed by atoms with Gasteiger partial charge in [-0.1, -0.05) is 16.8 Å². The van der Waals surface area contributed by atoms with Gasteiger partial charge in [0.2, 0.25) is 0 Å². The highest BCUT2D eigenvalue weighted by Gasteiger charge is 2.17. The molecule has 2 heterocycles. The van der Waals surface area contributed by atoms with Crippen LogP contribution in [0.15, 0.2) is 16.8 Å². The molecule has 1 unspecified atom stereocenters. The Morgan fingerprint density at radius 2 is 2.17 bits per heavy atom. The molecule has 6 heteroatoms. The van der Waals surface area contributed by atoms with Crippen molar-refractivity contribution in [2.75, 3.05) is 11.1 Å². The van der Waals surface area contributed by atoms with Gasteiger partial charge in [0, 0.05) is 5.56 Å². The first-order valence-corrected chi connectivity index (χ1v) is 5.97. The molecule has 0 spiro atoms. The smallest absolute Gasteiger partial charge is 0.145 e. The van der Waals surface area contributed by atoms with Crippen molar-refractivity contribution < 1.29 is 4.52 Å². The van der Waals surface area contributed by atoms with Crippen LogP contribution in [0, 0.1) is 13.8 Å². The van der Waals surface area contributed by atoms with Crippen LogP contribution in [0.4, 0.5) is 11.5 Å². The Bertz CT molecular complexity index is 548. The Kier molecular flexibility index (Phi) is 3.43. The molecule has 2 rings (SSSR count). The number of rotatable bonds is 3. The summed E-state index contributed by atoms with van der Waals surface area (Å²) in [6, 6.07) is 1.67. The molecule has 2 aromatic heterocycles. The first kappa shape index (κ1) is 12.7. The maximum absolute atomic E-state index is 6.07. The maximum Gasteiger partial charge on any atom is 0.145 e. The Hall–Kier alpha value is -1.75. The number of nitrogens with one attached hydrogen (secondary N) is 1. The van der Waals surface area contributed by atoms with Crippen molar-refractivity contribution in [2.45, 2.75) is 26.8 Å². The summed E-state index contributed by atoms with van der Waals surface area (Å²) >= 11 is 6.07. The average molecular weight is 267 g/mol. The topological polar surface area (TPSA) is 77.0 Å². The zero-order chi connectivity index (χ0) is 13.3. The normalized spacial score (nSPS) is 12.4. The molecule has 0 bridgehead atoms. The van der Waals surface area contributed by atoms with Gasteiger partial charge >= 0.3 is 0 Å². The van der Waals surface area contributed by atoms with E-state index in [4.69, 9.17) is 21.9 Å². The van der Waals surface area contributed by atoms with Crippen molar-refractivity contribution >= 4 is 23.1 Å². The quantitative estimate of drug-likeness (QED) is 0.893. The van der Waals surface area contributed by atoms with Crippen LogP contribution in [0.2, 0.25) is 5.02 Å². The molecule has 3 N–H and O–H groups in total. The number of aryl methyl sites for hydroxylation is 2. The van der Waals surface area contributed by atoms with Crippen molar-refractivity contribution in [3.8, 4) is 0 Å². The average Bonchev–Trinajstić information content (AvgIpc) is 2.62. The fourth-order valence-electron chi connectivity index (χ4n) is 1.94. The van der Waals surface area contributed by atoms with Gasteiger partial charge in [0.15, 0.2) is 0 Å². The van der Waals surface area contributed by atoms with E-state index in [2.05, 4.69) is 15.5 Å². The lowest BCUT2D eigenvalue weighted by molar-refractivity contribution is 0.392. The Morgan fingerprint density at radius 1 is 1.44 bits per heavy atom. The van der Waals surface area contributed by atoms with E-state index in [1.165, 1.54) is 0 Å². The van der Waals surface area contributed by atoms with Gasteiger partial charge in [0.05, 0.1) is 28.6 Å². The number of nitrogen functional groups attached to an aromatic ring is 1. The van der Waals surface area contributed by atoms with E-state index in [1.807, 2.05) is 20.8 Å². The van der Waals surface area contributed by atoms with E-state index in [-0.39, 0.29) is 6.04 Å². The van der Waals surface area contributed by atoms with Crippen molar-refractivity contribution in [2.24, 2.45) is 0 Å². The second-order valence-electron chi connectivity index (χ2n) is 4.20. The molecule has 0 amide bonds. The molecule has 0 aliphatic carbocycles. The van der Waals surface area contributed by atoms with Crippen molar-refractivity contribution in [3.63, 3.8) is 0 Å². The molecule has 1 atom stereocenters. The van der Waals surface area contributed by atoms with Crippen LogP contribution in [0.25, 0.3) is 0 Å². The predicted molar refractivity (Wildman–Crippen MR) is 71.7 cm³/mol. The lowest BCUT2D eigenvalue weighted by Gasteiger charge is -2.15. The fraction of sp³-hybridized carbons (Fsp3) is 0.333. The lowest BCUT2D eigenvalue weighted by Crippen LogP contribution is -2.10. The SMILES string of the molecule is Cc1noc(C)c1C(C)Nc1ncc(N)cc1Cl. The van der Waals surface area contributed by atoms with Crippen molar-refractivity contribution in [3.05, 3.63) is 34.3 Å². The number of hydrogen-bond acceptors (Lipinski definition) is 5. The zero-order valence-electron chi connectivity index (χ0n) is 10.5. The van der Waals surface area contributed by atoms with Crippen LogP contribution in [-0.2, 0) is 0 Å². The third kappa shape index (κ3) is 2.41. The molecular weight excluding hydrogens is 252 g/mol. The van der Waals surface area contributed by atoms with Gasteiger partial charge in [-0.25, -0.2) is 4.98 Å². The van der Waals surface area contributed by atoms with Gasteiger partial charge < -0.3 is 15.6 Å². The van der Waals surface area contributed by atoms with E-state index in [0.717, 1.165) is 17.0 Å². The molecular formula is C12H15ClN4O. The monoisotopic (exact) mass is 266 g/mol. The molecule has 0 saturated carbocycles. The highest BCUT2D eigenvalue weighted by atomic mass is 35.5. The van der Waals surface area contributed by atoms with Crippen LogP contribution in [0.1, 0.15) is 30.0 Å². The van der Waals surface area contributed by atoms with Crippen LogP contribution in [-0.4, -0.2) is 10.1 Å². The Labute approximate surface area is 110 Å². The fourth-order valence-corrected chi connectivity index (χ4v) is 2.17. The van der Waals surface area contributed by atoms with E-state index >= 15 is 0 Å². The zero-order valence-corrected chi connectivity index (χ0v) is 11.2. The standard InChI is InChI=1S/C12H15ClN4O/c1-6(11-7(2)17-18-8(11)3)16-12-10(13)4-9(14)5-15-12/h4-6H,14H2,1-3H3,(H,15,16). The number of nitrogens with zero attached hydrogens (tertiary/aromatic N) is 2. The van der Waals surface area contributed by atoms with Gasteiger partial charge in [-0.3, -0.25) is 0 Å². The summed E-state index contributed by atoms with van der Waals surface area (Å²) < 4.78 is 5.14. The summed E-state index contributed by atoms with van der Waals surface area (Å²) in [6.45, 7) is 5.79. The summed E-state index contributed by atoms with van der Waals surface area (Å²) in [6.07, 6.45) is 1.56. The summed E-state index contributed by atoms with van der Waals surface area (Å²) in [4.78, 5) is 4.17. The van der Waals surface area contributed by atoms with Crippen molar-refractivity contribution in [1.29, 1.82) is 0 Å². The summed E-state index contributed by atoms with van der Waals surface area (Å²) in [5.41, 5.74) is 8.02. The first-order chi connectivity index (χ1) is 8.49. The molecule has 0 aliphatic heterocycles. The molecule has 0 fully saturated rings. The molecule has 0 aliphatic rings. The highest BCUT2D eigenvalue weighted by Crippen LogP contribution is 2.28. The number of anilines is 2. The molecule has 0 saturated heterocycles. The van der Waals surface area contributed by atoms with E-state index in [0.29, 0.717) is 16.5 Å². The Balaban J connectivity index is 2.24. The number of halogens is 1. The third-order valence-electron chi connectivity index (χ3n) is 2.74. The summed E-state index contributed by atoms with van der Waals surface area (Å²) in [5, 5.41) is 7.64. The highest BCUT2D eigenvalue weighted by molar-refractivity contribution is 6.33. The van der Waals surface area contributed by atoms with Crippen molar-refractivity contribution in [1.82, 2.24) is 10.1 Å². The predicted octanol–water partition coefficient (Wildman–Crippen LogP) is 3.10. The first-order valence-electron chi connectivity index (χ1n) is 5.59. The van der Waals surface area contributed by atoms with E-state index < -0.39 is 0 Å². The molecule has 0 radical (unpaired) electrons. The van der Waals surface area contributed by atoms with Crippen LogP contribution < -0.4 is 11.1 Å². The van der Waals surface area contributed by atoms with Gasteiger partial charge in [0.25, 0.3) is 0 Å². The minimum atomic E-state index is 0.00451. The molecule has 5 nitrogen and oxygen atoms in total. The second kappa shape index (κ2) is 4.86. The largest absolute Gasteiger partial charge is 0.397 e. The van der Waals surface area contributed by atoms with Gasteiger partial charge in [-0.15, -0.1) is 0 Å². The molecule has 2 aromatic rings. The van der Waals surface area contributed by atoms with Gasteiger partial charge in [0.1, 0.15) is 11.6 Å². The third-order valence-corrected chi connectivity index (χ3v) is 3.03. The van der Waals surface area contributed by atoms with E-state index in [9.17, 15) is 0 Å². The summed E-state index contributed by atoms with van der Waals surface area (Å²) in [7, 11) is 0. The number of hydrogen-bond donors (Lipinski definition) is 2. The van der Waals surface area contributed by atoms with Crippen LogP contribution in [0.5, 0.6) is 0 Å². The van der Waals surface area contributed by atoms with Crippen LogP contribution in [0.3, 0.4) is 0 Å². The molecule has 0 aromatic carbocycles. The lowest BCUT2D eigenvalue weighted by atomic mass is 10.1. The number of pyridine rings is 1.